The van der Waals surface area contributed by atoms with Gasteiger partial charge in [-0.1, -0.05) is 27.7 Å². The topological polar surface area (TPSA) is 72.0 Å². The van der Waals surface area contributed by atoms with Gasteiger partial charge in [-0.05, 0) is 75.4 Å². The molecule has 1 aliphatic rings. The molecule has 31 heavy (non-hydrogen) atoms. The Morgan fingerprint density at radius 1 is 1.10 bits per heavy atom. The molecule has 0 saturated carbocycles. The Hall–Kier alpha value is -2.03. The summed E-state index contributed by atoms with van der Waals surface area (Å²) in [5.74, 6) is 0.000828. The average molecular weight is 516 g/mol. The lowest BCUT2D eigenvalue weighted by Gasteiger charge is -2.13. The third-order valence-corrected chi connectivity index (χ3v) is 7.64. The van der Waals surface area contributed by atoms with Gasteiger partial charge in [0.2, 0.25) is 5.91 Å². The molecule has 160 valence electrons. The van der Waals surface area contributed by atoms with Crippen LogP contribution in [-0.2, 0) is 17.6 Å². The molecule has 0 radical (unpaired) electrons. The van der Waals surface area contributed by atoms with E-state index in [-0.39, 0.29) is 17.4 Å². The van der Waals surface area contributed by atoms with Gasteiger partial charge in [0.1, 0.15) is 5.00 Å². The Labute approximate surface area is 198 Å². The highest BCUT2D eigenvalue weighted by Crippen LogP contribution is 2.39. The van der Waals surface area contributed by atoms with Gasteiger partial charge in [0.25, 0.3) is 0 Å². The molecule has 0 spiro atoms. The minimum absolute atomic E-state index is 0.0347. The zero-order valence-electron chi connectivity index (χ0n) is 17.3. The van der Waals surface area contributed by atoms with Crippen molar-refractivity contribution in [1.82, 2.24) is 9.97 Å². The van der Waals surface area contributed by atoms with Gasteiger partial charge >= 0.3 is 0 Å². The lowest BCUT2D eigenvalue weighted by molar-refractivity contribution is -0.113. The molecule has 0 fully saturated rings. The smallest absolute Gasteiger partial charge is 0.235 e. The van der Waals surface area contributed by atoms with E-state index in [4.69, 9.17) is 0 Å². The van der Waals surface area contributed by atoms with Gasteiger partial charge < -0.3 is 5.32 Å². The van der Waals surface area contributed by atoms with Crippen LogP contribution in [0, 0.1) is 13.8 Å². The standard InChI is InChI=1S/C23H22BrN3O2S2/c1-13-11-14(2)26-23(25-13)30-12-19(28)27-22-20(17-5-3-4-6-18(17)31-22)21(29)15-7-9-16(24)10-8-15/h7-11H,3-6,12H2,1-2H3,(H,27,28). The van der Waals surface area contributed by atoms with Crippen molar-refractivity contribution < 1.29 is 9.59 Å². The fourth-order valence-electron chi connectivity index (χ4n) is 3.69. The first-order valence-electron chi connectivity index (χ1n) is 10.1. The number of thiophene rings is 1. The molecule has 0 bridgehead atoms. The second-order valence-electron chi connectivity index (χ2n) is 7.52. The fourth-order valence-corrected chi connectivity index (χ4v) is 6.01. The van der Waals surface area contributed by atoms with Crippen LogP contribution in [0.5, 0.6) is 0 Å². The van der Waals surface area contributed by atoms with Crippen molar-refractivity contribution in [3.05, 3.63) is 67.8 Å². The lowest BCUT2D eigenvalue weighted by atomic mass is 9.92. The normalized spacial score (nSPS) is 13.0. The highest BCUT2D eigenvalue weighted by atomic mass is 79.9. The van der Waals surface area contributed by atoms with Gasteiger partial charge in [-0.3, -0.25) is 9.59 Å². The summed E-state index contributed by atoms with van der Waals surface area (Å²) in [6, 6.07) is 9.27. The van der Waals surface area contributed by atoms with Crippen LogP contribution < -0.4 is 5.32 Å². The van der Waals surface area contributed by atoms with Crippen LogP contribution in [0.15, 0.2) is 40.0 Å². The van der Waals surface area contributed by atoms with Crippen molar-refractivity contribution in [2.24, 2.45) is 0 Å². The third-order valence-electron chi connectivity index (χ3n) is 5.05. The number of nitrogens with zero attached hydrogens (tertiary/aromatic N) is 2. The van der Waals surface area contributed by atoms with Crippen LogP contribution in [0.4, 0.5) is 5.00 Å². The first-order valence-corrected chi connectivity index (χ1v) is 12.7. The highest BCUT2D eigenvalue weighted by Gasteiger charge is 2.27. The molecule has 0 saturated heterocycles. The van der Waals surface area contributed by atoms with Crippen molar-refractivity contribution in [3.8, 4) is 0 Å². The van der Waals surface area contributed by atoms with E-state index in [0.717, 1.165) is 47.1 Å². The maximum atomic E-state index is 13.4. The molecular formula is C23H22BrN3O2S2. The van der Waals surface area contributed by atoms with E-state index in [0.29, 0.717) is 21.3 Å². The molecule has 5 nitrogen and oxygen atoms in total. The molecule has 4 rings (SSSR count). The van der Waals surface area contributed by atoms with Gasteiger partial charge in [0.15, 0.2) is 10.9 Å². The van der Waals surface area contributed by atoms with Crippen molar-refractivity contribution in [3.63, 3.8) is 0 Å². The van der Waals surface area contributed by atoms with Gasteiger partial charge in [0, 0.05) is 26.3 Å². The van der Waals surface area contributed by atoms with Crippen LogP contribution in [0.25, 0.3) is 0 Å². The largest absolute Gasteiger partial charge is 0.316 e. The number of rotatable bonds is 6. The minimum atomic E-state index is -0.156. The Bertz CT molecular complexity index is 1120. The maximum absolute atomic E-state index is 13.4. The fraction of sp³-hybridized carbons (Fsp3) is 0.304. The summed E-state index contributed by atoms with van der Waals surface area (Å²) < 4.78 is 0.926. The molecule has 2 heterocycles. The van der Waals surface area contributed by atoms with Gasteiger partial charge in [-0.15, -0.1) is 11.3 Å². The summed E-state index contributed by atoms with van der Waals surface area (Å²) in [6.07, 6.45) is 4.02. The summed E-state index contributed by atoms with van der Waals surface area (Å²) in [5.41, 5.74) is 4.14. The van der Waals surface area contributed by atoms with E-state index in [9.17, 15) is 9.59 Å². The predicted octanol–water partition coefficient (Wildman–Crippen LogP) is 5.76. The SMILES string of the molecule is Cc1cc(C)nc(SCC(=O)Nc2sc3c(c2C(=O)c2ccc(Br)cc2)CCCC3)n1. The highest BCUT2D eigenvalue weighted by molar-refractivity contribution is 9.10. The zero-order valence-corrected chi connectivity index (χ0v) is 20.5. The van der Waals surface area contributed by atoms with Gasteiger partial charge in [-0.25, -0.2) is 9.97 Å². The number of benzene rings is 1. The Morgan fingerprint density at radius 3 is 2.48 bits per heavy atom. The summed E-state index contributed by atoms with van der Waals surface area (Å²) >= 11 is 6.26. The monoisotopic (exact) mass is 515 g/mol. The minimum Gasteiger partial charge on any atom is -0.316 e. The Morgan fingerprint density at radius 2 is 1.77 bits per heavy atom. The number of fused-ring (bicyclic) bond motifs is 1. The number of carbonyl (C=O) groups excluding carboxylic acids is 2. The molecule has 0 aliphatic heterocycles. The Kier molecular flexibility index (Phi) is 6.89. The molecule has 1 aliphatic carbocycles. The van der Waals surface area contributed by atoms with E-state index in [2.05, 4.69) is 31.2 Å². The molecule has 0 atom stereocenters. The molecular weight excluding hydrogens is 494 g/mol. The number of aryl methyl sites for hydroxylation is 3. The molecule has 1 amide bonds. The van der Waals surface area contributed by atoms with Crippen molar-refractivity contribution >= 4 is 55.7 Å². The summed E-state index contributed by atoms with van der Waals surface area (Å²) in [7, 11) is 0. The summed E-state index contributed by atoms with van der Waals surface area (Å²) in [6.45, 7) is 3.82. The van der Waals surface area contributed by atoms with E-state index < -0.39 is 0 Å². The second-order valence-corrected chi connectivity index (χ2v) is 10.5. The number of amides is 1. The molecule has 2 aromatic heterocycles. The summed E-state index contributed by atoms with van der Waals surface area (Å²) in [4.78, 5) is 36.1. The van der Waals surface area contributed by atoms with Crippen LogP contribution in [0.3, 0.4) is 0 Å². The number of carbonyl (C=O) groups is 2. The average Bonchev–Trinajstić information content (AvgIpc) is 3.09. The number of hydrogen-bond donors (Lipinski definition) is 1. The third kappa shape index (κ3) is 5.25. The van der Waals surface area contributed by atoms with Crippen LogP contribution in [0.1, 0.15) is 50.6 Å². The Balaban J connectivity index is 1.56. The van der Waals surface area contributed by atoms with Crippen LogP contribution in [0.2, 0.25) is 0 Å². The summed E-state index contributed by atoms with van der Waals surface area (Å²) in [5, 5.41) is 4.25. The lowest BCUT2D eigenvalue weighted by Crippen LogP contribution is -2.16. The van der Waals surface area contributed by atoms with Crippen LogP contribution in [-0.4, -0.2) is 27.4 Å². The molecule has 0 unspecified atom stereocenters. The number of hydrogen-bond acceptors (Lipinski definition) is 6. The van der Waals surface area contributed by atoms with E-state index in [1.807, 2.05) is 44.2 Å². The number of ketones is 1. The second kappa shape index (κ2) is 9.63. The quantitative estimate of drug-likeness (QED) is 0.256. The maximum Gasteiger partial charge on any atom is 0.235 e. The predicted molar refractivity (Wildman–Crippen MR) is 129 cm³/mol. The number of thioether (sulfide) groups is 1. The molecule has 3 aromatic rings. The number of halogens is 1. The first kappa shape index (κ1) is 22.2. The number of aromatic nitrogens is 2. The van der Waals surface area contributed by atoms with Crippen molar-refractivity contribution in [2.45, 2.75) is 44.7 Å². The van der Waals surface area contributed by atoms with E-state index >= 15 is 0 Å². The number of nitrogens with one attached hydrogen (secondary N) is 1. The molecule has 1 N–H and O–H groups in total. The van der Waals surface area contributed by atoms with Crippen LogP contribution >= 0.6 is 39.0 Å². The van der Waals surface area contributed by atoms with E-state index in [1.54, 1.807) is 11.3 Å². The van der Waals surface area contributed by atoms with Gasteiger partial charge in [-0.2, -0.15) is 0 Å². The first-order chi connectivity index (χ1) is 14.9. The number of anilines is 1. The zero-order chi connectivity index (χ0) is 22.0. The molecule has 8 heteroatoms. The van der Waals surface area contributed by atoms with Crippen molar-refractivity contribution in [1.29, 1.82) is 0 Å². The molecule has 1 aromatic carbocycles. The van der Waals surface area contributed by atoms with Gasteiger partial charge in [0.05, 0.1) is 11.3 Å². The van der Waals surface area contributed by atoms with E-state index in [1.165, 1.54) is 16.6 Å². The van der Waals surface area contributed by atoms with Crippen molar-refractivity contribution in [2.75, 3.05) is 11.1 Å².